The molecule has 0 saturated heterocycles. The van der Waals surface area contributed by atoms with E-state index < -0.39 is 6.04 Å². The molecule has 1 N–H and O–H groups in total. The van der Waals surface area contributed by atoms with Gasteiger partial charge in [0, 0.05) is 17.6 Å². The molecule has 0 bridgehead atoms. The third-order valence-corrected chi connectivity index (χ3v) is 5.53. The van der Waals surface area contributed by atoms with Crippen molar-refractivity contribution in [1.29, 1.82) is 0 Å². The van der Waals surface area contributed by atoms with E-state index in [1.54, 1.807) is 24.0 Å². The highest BCUT2D eigenvalue weighted by Gasteiger charge is 2.27. The highest BCUT2D eigenvalue weighted by molar-refractivity contribution is 6.30. The lowest BCUT2D eigenvalue weighted by atomic mass is 10.0. The molecule has 0 aliphatic carbocycles. The molecule has 2 aromatic carbocycles. The van der Waals surface area contributed by atoms with E-state index in [1.165, 1.54) is 0 Å². The number of hydrogen-bond acceptors (Lipinski definition) is 2. The molecule has 2 aromatic rings. The number of hydrogen-bond donors (Lipinski definition) is 1. The number of nitrogens with zero attached hydrogens (tertiary/aromatic N) is 1. The van der Waals surface area contributed by atoms with Crippen LogP contribution >= 0.6 is 11.6 Å². The average Bonchev–Trinajstić information content (AvgIpc) is 2.69. The molecule has 0 fully saturated rings. The number of nitrogens with one attached hydrogen (secondary N) is 1. The second kappa shape index (κ2) is 10.4. The van der Waals surface area contributed by atoms with Gasteiger partial charge in [0.2, 0.25) is 11.8 Å². The van der Waals surface area contributed by atoms with E-state index in [9.17, 15) is 9.59 Å². The van der Waals surface area contributed by atoms with Crippen LogP contribution in [0.15, 0.2) is 42.5 Å². The minimum Gasteiger partial charge on any atom is -0.352 e. The summed E-state index contributed by atoms with van der Waals surface area (Å²) in [5, 5.41) is 3.63. The molecule has 0 aliphatic heterocycles. The number of aryl methyl sites for hydroxylation is 2. The maximum atomic E-state index is 13.3. The van der Waals surface area contributed by atoms with Gasteiger partial charge in [-0.25, -0.2) is 0 Å². The van der Waals surface area contributed by atoms with Gasteiger partial charge >= 0.3 is 0 Å². The molecule has 4 nitrogen and oxygen atoms in total. The molecular weight excluding hydrogens is 384 g/mol. The van der Waals surface area contributed by atoms with Crippen molar-refractivity contribution in [3.05, 3.63) is 69.7 Å². The van der Waals surface area contributed by atoms with Crippen LogP contribution in [0, 0.1) is 13.8 Å². The van der Waals surface area contributed by atoms with Crippen molar-refractivity contribution >= 4 is 23.4 Å². The second-order valence-corrected chi connectivity index (χ2v) is 8.19. The second-order valence-electron chi connectivity index (χ2n) is 7.75. The van der Waals surface area contributed by atoms with Crippen molar-refractivity contribution in [1.82, 2.24) is 10.2 Å². The van der Waals surface area contributed by atoms with Crippen LogP contribution in [0.5, 0.6) is 0 Å². The Bertz CT molecular complexity index is 848. The van der Waals surface area contributed by atoms with Crippen LogP contribution in [0.3, 0.4) is 0 Å². The largest absolute Gasteiger partial charge is 0.352 e. The maximum absolute atomic E-state index is 13.3. The third-order valence-electron chi connectivity index (χ3n) is 5.28. The van der Waals surface area contributed by atoms with Crippen LogP contribution < -0.4 is 5.32 Å². The van der Waals surface area contributed by atoms with Gasteiger partial charge in [-0.1, -0.05) is 54.4 Å². The lowest BCUT2D eigenvalue weighted by Gasteiger charge is -2.30. The zero-order valence-electron chi connectivity index (χ0n) is 18.0. The number of amides is 2. The number of halogens is 1. The quantitative estimate of drug-likeness (QED) is 0.672. The predicted molar refractivity (Wildman–Crippen MR) is 119 cm³/mol. The number of carbonyl (C=O) groups excluding carboxylic acids is 2. The van der Waals surface area contributed by atoms with Gasteiger partial charge in [-0.3, -0.25) is 9.59 Å². The summed E-state index contributed by atoms with van der Waals surface area (Å²) in [6, 6.07) is 13.0. The Morgan fingerprint density at radius 3 is 2.34 bits per heavy atom. The van der Waals surface area contributed by atoms with Crippen molar-refractivity contribution in [2.45, 2.75) is 66.1 Å². The zero-order valence-corrected chi connectivity index (χ0v) is 18.7. The first-order chi connectivity index (χ1) is 13.7. The highest BCUT2D eigenvalue weighted by Crippen LogP contribution is 2.17. The molecule has 0 unspecified atom stereocenters. The predicted octanol–water partition coefficient (Wildman–Crippen LogP) is 4.83. The van der Waals surface area contributed by atoms with Crippen molar-refractivity contribution in [3.63, 3.8) is 0 Å². The number of carbonyl (C=O) groups is 2. The lowest BCUT2D eigenvalue weighted by Crippen LogP contribution is -2.49. The van der Waals surface area contributed by atoms with Gasteiger partial charge in [-0.15, -0.1) is 0 Å². The topological polar surface area (TPSA) is 49.4 Å². The van der Waals surface area contributed by atoms with Crippen molar-refractivity contribution in [3.8, 4) is 0 Å². The van der Waals surface area contributed by atoms with Crippen molar-refractivity contribution < 1.29 is 9.59 Å². The molecule has 5 heteroatoms. The molecule has 2 rings (SSSR count). The van der Waals surface area contributed by atoms with Crippen LogP contribution in [0.4, 0.5) is 0 Å². The SMILES string of the molecule is CC[C@H](C)NC(=O)[C@H](C)N(Cc1ccc(Cl)cc1)C(=O)Cc1cc(C)ccc1C. The zero-order chi connectivity index (χ0) is 21.6. The van der Waals surface area contributed by atoms with Crippen LogP contribution in [0.1, 0.15) is 49.4 Å². The molecule has 0 saturated carbocycles. The van der Waals surface area contributed by atoms with Crippen LogP contribution in [0.25, 0.3) is 0 Å². The van der Waals surface area contributed by atoms with Gasteiger partial charge < -0.3 is 10.2 Å². The molecule has 0 spiro atoms. The van der Waals surface area contributed by atoms with Crippen LogP contribution in [0.2, 0.25) is 5.02 Å². The van der Waals surface area contributed by atoms with Gasteiger partial charge in [0.15, 0.2) is 0 Å². The van der Waals surface area contributed by atoms with Gasteiger partial charge in [0.1, 0.15) is 6.04 Å². The summed E-state index contributed by atoms with van der Waals surface area (Å²) in [4.78, 5) is 27.7. The summed E-state index contributed by atoms with van der Waals surface area (Å²) in [7, 11) is 0. The summed E-state index contributed by atoms with van der Waals surface area (Å²) < 4.78 is 0. The molecule has 2 atom stereocenters. The fourth-order valence-electron chi connectivity index (χ4n) is 3.09. The number of benzene rings is 2. The van der Waals surface area contributed by atoms with E-state index in [4.69, 9.17) is 11.6 Å². The fraction of sp³-hybridized carbons (Fsp3) is 0.417. The summed E-state index contributed by atoms with van der Waals surface area (Å²) in [6.45, 7) is 10.1. The Kier molecular flexibility index (Phi) is 8.27. The Morgan fingerprint density at radius 1 is 1.07 bits per heavy atom. The summed E-state index contributed by atoms with van der Waals surface area (Å²) in [6.07, 6.45) is 1.11. The standard InChI is InChI=1S/C24H31ClN2O2/c1-6-18(4)26-24(29)19(5)27(15-20-9-11-22(25)12-10-20)23(28)14-21-13-16(2)7-8-17(21)3/h7-13,18-19H,6,14-15H2,1-5H3,(H,26,29)/t18-,19-/m0/s1. The third kappa shape index (κ3) is 6.60. The monoisotopic (exact) mass is 414 g/mol. The first-order valence-corrected chi connectivity index (χ1v) is 10.5. The van der Waals surface area contributed by atoms with E-state index in [0.29, 0.717) is 11.6 Å². The minimum absolute atomic E-state index is 0.0662. The molecule has 0 radical (unpaired) electrons. The van der Waals surface area contributed by atoms with Gasteiger partial charge in [-0.05, 0) is 62.9 Å². The Balaban J connectivity index is 2.26. The lowest BCUT2D eigenvalue weighted by molar-refractivity contribution is -0.140. The first-order valence-electron chi connectivity index (χ1n) is 10.1. The molecule has 0 aliphatic rings. The van der Waals surface area contributed by atoms with Crippen molar-refractivity contribution in [2.75, 3.05) is 0 Å². The molecule has 156 valence electrons. The van der Waals surface area contributed by atoms with Gasteiger partial charge in [0.05, 0.1) is 6.42 Å². The van der Waals surface area contributed by atoms with Crippen molar-refractivity contribution in [2.24, 2.45) is 0 Å². The summed E-state index contributed by atoms with van der Waals surface area (Å²) >= 11 is 5.99. The average molecular weight is 415 g/mol. The van der Waals surface area contributed by atoms with E-state index in [0.717, 1.165) is 28.7 Å². The Labute approximate surface area is 179 Å². The highest BCUT2D eigenvalue weighted by atomic mass is 35.5. The molecule has 2 amide bonds. The van der Waals surface area contributed by atoms with E-state index in [2.05, 4.69) is 5.32 Å². The first kappa shape index (κ1) is 23.0. The molecular formula is C24H31ClN2O2. The van der Waals surface area contributed by atoms with Gasteiger partial charge in [0.25, 0.3) is 0 Å². The van der Waals surface area contributed by atoms with E-state index in [1.807, 2.05) is 58.0 Å². The molecule has 0 heterocycles. The Hall–Kier alpha value is -2.33. The van der Waals surface area contributed by atoms with Crippen LogP contribution in [-0.2, 0) is 22.6 Å². The number of rotatable bonds is 8. The summed E-state index contributed by atoms with van der Waals surface area (Å²) in [5.41, 5.74) is 4.12. The smallest absolute Gasteiger partial charge is 0.242 e. The van der Waals surface area contributed by atoms with Gasteiger partial charge in [-0.2, -0.15) is 0 Å². The minimum atomic E-state index is -0.572. The van der Waals surface area contributed by atoms with E-state index in [-0.39, 0.29) is 24.3 Å². The molecule has 29 heavy (non-hydrogen) atoms. The fourth-order valence-corrected chi connectivity index (χ4v) is 3.22. The summed E-state index contributed by atoms with van der Waals surface area (Å²) in [5.74, 6) is -0.205. The molecule has 0 aromatic heterocycles. The maximum Gasteiger partial charge on any atom is 0.242 e. The Morgan fingerprint density at radius 2 is 1.72 bits per heavy atom. The van der Waals surface area contributed by atoms with Crippen LogP contribution in [-0.4, -0.2) is 28.8 Å². The normalized spacial score (nSPS) is 12.9. The van der Waals surface area contributed by atoms with E-state index >= 15 is 0 Å².